The van der Waals surface area contributed by atoms with E-state index in [1.807, 2.05) is 50.2 Å². The van der Waals surface area contributed by atoms with E-state index in [0.29, 0.717) is 36.1 Å². The van der Waals surface area contributed by atoms with Gasteiger partial charge in [0.2, 0.25) is 0 Å². The van der Waals surface area contributed by atoms with Crippen LogP contribution in [0.15, 0.2) is 59.4 Å². The van der Waals surface area contributed by atoms with Crippen molar-refractivity contribution in [3.63, 3.8) is 0 Å². The lowest BCUT2D eigenvalue weighted by atomic mass is 10.1. The van der Waals surface area contributed by atoms with Gasteiger partial charge in [-0.2, -0.15) is 5.10 Å². The van der Waals surface area contributed by atoms with Crippen molar-refractivity contribution in [2.45, 2.75) is 26.9 Å². The minimum absolute atomic E-state index is 0.162. The number of fused-ring (bicyclic) bond motifs is 1. The molecule has 0 unspecified atom stereocenters. The van der Waals surface area contributed by atoms with E-state index in [-0.39, 0.29) is 11.5 Å². The van der Waals surface area contributed by atoms with Crippen LogP contribution in [0.3, 0.4) is 0 Å². The van der Waals surface area contributed by atoms with Crippen LogP contribution in [0.2, 0.25) is 0 Å². The molecule has 1 aromatic heterocycles. The largest absolute Gasteiger partial charge is 0.333 e. The van der Waals surface area contributed by atoms with Gasteiger partial charge in [0.25, 0.3) is 11.5 Å². The number of amides is 1. The Morgan fingerprint density at radius 2 is 1.64 bits per heavy atom. The Balaban J connectivity index is 2.06. The molecule has 3 rings (SSSR count). The summed E-state index contributed by atoms with van der Waals surface area (Å²) < 4.78 is 1.35. The quantitative estimate of drug-likeness (QED) is 0.720. The van der Waals surface area contributed by atoms with Crippen molar-refractivity contribution in [1.29, 1.82) is 0 Å². The molecule has 5 nitrogen and oxygen atoms in total. The monoisotopic (exact) mass is 335 g/mol. The first kappa shape index (κ1) is 16.9. The van der Waals surface area contributed by atoms with Gasteiger partial charge in [0.1, 0.15) is 0 Å². The van der Waals surface area contributed by atoms with Gasteiger partial charge in [-0.1, -0.05) is 48.5 Å². The SMILES string of the molecule is CCN(Cc1ccccc1)C(=O)c1nn(CC)c(=O)c2ccccc12. The van der Waals surface area contributed by atoms with E-state index in [9.17, 15) is 9.59 Å². The van der Waals surface area contributed by atoms with Crippen LogP contribution in [-0.2, 0) is 13.1 Å². The molecule has 0 fully saturated rings. The minimum Gasteiger partial charge on any atom is -0.333 e. The van der Waals surface area contributed by atoms with Gasteiger partial charge in [0.05, 0.1) is 5.39 Å². The number of hydrogen-bond donors (Lipinski definition) is 0. The maximum absolute atomic E-state index is 13.1. The van der Waals surface area contributed by atoms with Gasteiger partial charge in [0.15, 0.2) is 5.69 Å². The van der Waals surface area contributed by atoms with Gasteiger partial charge in [-0.15, -0.1) is 0 Å². The zero-order valence-electron chi connectivity index (χ0n) is 14.5. The predicted molar refractivity (Wildman–Crippen MR) is 98.5 cm³/mol. The molecule has 3 aromatic rings. The van der Waals surface area contributed by atoms with Crippen molar-refractivity contribution in [2.24, 2.45) is 0 Å². The van der Waals surface area contributed by atoms with Crippen LogP contribution >= 0.6 is 0 Å². The molecule has 128 valence electrons. The Bertz CT molecular complexity index is 948. The summed E-state index contributed by atoms with van der Waals surface area (Å²) in [7, 11) is 0. The van der Waals surface area contributed by atoms with Gasteiger partial charge in [-0.3, -0.25) is 9.59 Å². The molecular formula is C20H21N3O2. The zero-order valence-corrected chi connectivity index (χ0v) is 14.5. The summed E-state index contributed by atoms with van der Waals surface area (Å²) in [6.07, 6.45) is 0. The van der Waals surface area contributed by atoms with Crippen LogP contribution in [-0.4, -0.2) is 27.1 Å². The van der Waals surface area contributed by atoms with E-state index in [2.05, 4.69) is 5.10 Å². The molecule has 0 aliphatic heterocycles. The molecule has 5 heteroatoms. The molecule has 1 amide bonds. The number of aryl methyl sites for hydroxylation is 1. The number of carbonyl (C=O) groups excluding carboxylic acids is 1. The fraction of sp³-hybridized carbons (Fsp3) is 0.250. The third-order valence-corrected chi connectivity index (χ3v) is 4.26. The van der Waals surface area contributed by atoms with Gasteiger partial charge in [-0.25, -0.2) is 4.68 Å². The van der Waals surface area contributed by atoms with E-state index in [0.717, 1.165) is 5.56 Å². The van der Waals surface area contributed by atoms with E-state index < -0.39 is 0 Å². The molecule has 0 atom stereocenters. The van der Waals surface area contributed by atoms with Gasteiger partial charge >= 0.3 is 0 Å². The Kier molecular flexibility index (Phi) is 4.93. The average molecular weight is 335 g/mol. The molecule has 1 heterocycles. The lowest BCUT2D eigenvalue weighted by Gasteiger charge is -2.21. The van der Waals surface area contributed by atoms with Crippen LogP contribution in [0.1, 0.15) is 29.9 Å². The smallest absolute Gasteiger partial charge is 0.275 e. The number of aromatic nitrogens is 2. The maximum atomic E-state index is 13.1. The minimum atomic E-state index is -0.166. The summed E-state index contributed by atoms with van der Waals surface area (Å²) in [6, 6.07) is 17.0. The van der Waals surface area contributed by atoms with Crippen LogP contribution in [0, 0.1) is 0 Å². The summed E-state index contributed by atoms with van der Waals surface area (Å²) in [5, 5.41) is 5.47. The van der Waals surface area contributed by atoms with E-state index in [1.54, 1.807) is 23.1 Å². The second-order valence-electron chi connectivity index (χ2n) is 5.82. The van der Waals surface area contributed by atoms with Crippen molar-refractivity contribution in [1.82, 2.24) is 14.7 Å². The van der Waals surface area contributed by atoms with Crippen molar-refractivity contribution < 1.29 is 4.79 Å². The third kappa shape index (κ3) is 3.31. The van der Waals surface area contributed by atoms with Gasteiger partial charge < -0.3 is 4.90 Å². The summed E-state index contributed by atoms with van der Waals surface area (Å²) in [5.74, 6) is -0.162. The van der Waals surface area contributed by atoms with E-state index in [1.165, 1.54) is 4.68 Å². The van der Waals surface area contributed by atoms with Crippen molar-refractivity contribution in [2.75, 3.05) is 6.54 Å². The van der Waals surface area contributed by atoms with Crippen LogP contribution in [0.25, 0.3) is 10.8 Å². The number of carbonyl (C=O) groups is 1. The summed E-state index contributed by atoms with van der Waals surface area (Å²) >= 11 is 0. The Hall–Kier alpha value is -2.95. The first-order valence-electron chi connectivity index (χ1n) is 8.48. The fourth-order valence-corrected chi connectivity index (χ4v) is 2.89. The molecule has 0 bridgehead atoms. The predicted octanol–water partition coefficient (Wildman–Crippen LogP) is 3.08. The van der Waals surface area contributed by atoms with Crippen LogP contribution in [0.5, 0.6) is 0 Å². The number of rotatable bonds is 5. The Morgan fingerprint density at radius 1 is 1.00 bits per heavy atom. The molecule has 0 aliphatic rings. The second kappa shape index (κ2) is 7.30. The van der Waals surface area contributed by atoms with Crippen molar-refractivity contribution >= 4 is 16.7 Å². The summed E-state index contributed by atoms with van der Waals surface area (Å²) in [4.78, 5) is 27.3. The third-order valence-electron chi connectivity index (χ3n) is 4.26. The van der Waals surface area contributed by atoms with Gasteiger partial charge in [-0.05, 0) is 25.5 Å². The molecule has 2 aromatic carbocycles. The maximum Gasteiger partial charge on any atom is 0.275 e. The highest BCUT2D eigenvalue weighted by molar-refractivity contribution is 6.04. The van der Waals surface area contributed by atoms with Crippen molar-refractivity contribution in [3.8, 4) is 0 Å². The lowest BCUT2D eigenvalue weighted by molar-refractivity contribution is 0.0746. The van der Waals surface area contributed by atoms with Crippen LogP contribution in [0.4, 0.5) is 0 Å². The number of nitrogens with zero attached hydrogens (tertiary/aromatic N) is 3. The standard InChI is InChI=1S/C20H21N3O2/c1-3-22(14-15-10-6-5-7-11-15)20(25)18-16-12-8-9-13-17(16)19(24)23(4-2)21-18/h5-13H,3-4,14H2,1-2H3. The highest BCUT2D eigenvalue weighted by Crippen LogP contribution is 2.16. The topological polar surface area (TPSA) is 55.2 Å². The highest BCUT2D eigenvalue weighted by atomic mass is 16.2. The average Bonchev–Trinajstić information content (AvgIpc) is 2.67. The number of hydrogen-bond acceptors (Lipinski definition) is 3. The summed E-state index contributed by atoms with van der Waals surface area (Å²) in [5.41, 5.74) is 1.22. The molecule has 0 saturated carbocycles. The molecule has 0 spiro atoms. The number of benzene rings is 2. The van der Waals surface area contributed by atoms with Crippen LogP contribution < -0.4 is 5.56 Å². The lowest BCUT2D eigenvalue weighted by Crippen LogP contribution is -2.34. The highest BCUT2D eigenvalue weighted by Gasteiger charge is 2.21. The first-order chi connectivity index (χ1) is 12.2. The van der Waals surface area contributed by atoms with E-state index in [4.69, 9.17) is 0 Å². The molecule has 0 radical (unpaired) electrons. The van der Waals surface area contributed by atoms with Crippen molar-refractivity contribution in [3.05, 3.63) is 76.2 Å². The Labute approximate surface area is 146 Å². The zero-order chi connectivity index (χ0) is 17.8. The molecule has 25 heavy (non-hydrogen) atoms. The molecule has 0 saturated heterocycles. The Morgan fingerprint density at radius 3 is 2.28 bits per heavy atom. The van der Waals surface area contributed by atoms with E-state index >= 15 is 0 Å². The first-order valence-corrected chi connectivity index (χ1v) is 8.48. The molecule has 0 N–H and O–H groups in total. The molecule has 0 aliphatic carbocycles. The fourth-order valence-electron chi connectivity index (χ4n) is 2.89. The molecular weight excluding hydrogens is 314 g/mol. The van der Waals surface area contributed by atoms with Gasteiger partial charge in [0, 0.05) is 25.0 Å². The normalized spacial score (nSPS) is 10.8. The summed E-state index contributed by atoms with van der Waals surface area (Å²) in [6.45, 7) is 5.29. The second-order valence-corrected chi connectivity index (χ2v) is 5.82.